The molecule has 0 spiro atoms. The molecule has 34 heavy (non-hydrogen) atoms. The van der Waals surface area contributed by atoms with Crippen LogP contribution in [-0.4, -0.2) is 44.1 Å². The number of para-hydroxylation sites is 1. The molecule has 3 N–H and O–H groups in total. The number of aliphatic carboxylic acids is 1. The first-order chi connectivity index (χ1) is 16.1. The van der Waals surface area contributed by atoms with E-state index in [1.165, 1.54) is 10.7 Å². The minimum absolute atomic E-state index is 0.00903. The van der Waals surface area contributed by atoms with E-state index in [0.717, 1.165) is 11.1 Å². The molecule has 0 unspecified atom stereocenters. The third-order valence-electron chi connectivity index (χ3n) is 5.91. The van der Waals surface area contributed by atoms with Gasteiger partial charge in [-0.2, -0.15) is 5.10 Å². The lowest BCUT2D eigenvalue weighted by atomic mass is 9.94. The number of rotatable bonds is 10. The van der Waals surface area contributed by atoms with Crippen LogP contribution in [0.25, 0.3) is 5.69 Å². The van der Waals surface area contributed by atoms with Gasteiger partial charge >= 0.3 is 5.97 Å². The van der Waals surface area contributed by atoms with Gasteiger partial charge in [-0.25, -0.2) is 4.68 Å². The number of carboxylic acids is 1. The highest BCUT2D eigenvalue weighted by molar-refractivity contribution is 5.93. The minimum atomic E-state index is -1.08. The van der Waals surface area contributed by atoms with Gasteiger partial charge in [0.05, 0.1) is 23.8 Å². The topological polar surface area (TPSA) is 114 Å². The van der Waals surface area contributed by atoms with Gasteiger partial charge in [0.15, 0.2) is 5.69 Å². The van der Waals surface area contributed by atoms with E-state index in [1.54, 1.807) is 19.1 Å². The average Bonchev–Trinajstić information content (AvgIpc) is 3.22. The lowest BCUT2D eigenvalue weighted by Gasteiger charge is -2.27. The van der Waals surface area contributed by atoms with Gasteiger partial charge in [0.25, 0.3) is 5.91 Å². The molecule has 8 nitrogen and oxygen atoms in total. The largest absolute Gasteiger partial charge is 0.481 e. The second-order valence-corrected chi connectivity index (χ2v) is 8.90. The Morgan fingerprint density at radius 1 is 1.12 bits per heavy atom. The summed E-state index contributed by atoms with van der Waals surface area (Å²) in [7, 11) is 0. The van der Waals surface area contributed by atoms with E-state index >= 15 is 0 Å². The van der Waals surface area contributed by atoms with Crippen molar-refractivity contribution in [2.75, 3.05) is 6.61 Å². The normalized spacial score (nSPS) is 13.8. The fourth-order valence-electron chi connectivity index (χ4n) is 3.34. The average molecular weight is 466 g/mol. The van der Waals surface area contributed by atoms with E-state index in [0.29, 0.717) is 11.6 Å². The van der Waals surface area contributed by atoms with Crippen molar-refractivity contribution < 1.29 is 24.5 Å². The smallest absolute Gasteiger partial charge is 0.305 e. The Hall–Kier alpha value is -3.65. The molecular formula is C26H31N3O5. The zero-order valence-electron chi connectivity index (χ0n) is 19.9. The molecule has 1 aromatic heterocycles. The maximum atomic E-state index is 13.1. The van der Waals surface area contributed by atoms with E-state index in [9.17, 15) is 19.8 Å². The van der Waals surface area contributed by atoms with E-state index in [2.05, 4.69) is 10.4 Å². The van der Waals surface area contributed by atoms with Crippen molar-refractivity contribution in [1.29, 1.82) is 0 Å². The van der Waals surface area contributed by atoms with Crippen molar-refractivity contribution in [1.82, 2.24) is 15.1 Å². The molecule has 2 atom stereocenters. The van der Waals surface area contributed by atoms with E-state index in [1.807, 2.05) is 63.2 Å². The lowest BCUT2D eigenvalue weighted by molar-refractivity contribution is -0.137. The predicted molar refractivity (Wildman–Crippen MR) is 128 cm³/mol. The van der Waals surface area contributed by atoms with Gasteiger partial charge in [-0.1, -0.05) is 56.3 Å². The van der Waals surface area contributed by atoms with Crippen LogP contribution in [0.2, 0.25) is 0 Å². The molecule has 0 aliphatic heterocycles. The number of nitrogens with one attached hydrogen (secondary N) is 1. The number of ether oxygens (including phenoxy) is 1. The maximum absolute atomic E-state index is 13.1. The van der Waals surface area contributed by atoms with Gasteiger partial charge < -0.3 is 20.3 Å². The number of aliphatic hydroxyl groups is 1. The minimum Gasteiger partial charge on any atom is -0.481 e. The molecule has 0 saturated carbocycles. The molecule has 0 aliphatic rings. The molecule has 180 valence electrons. The van der Waals surface area contributed by atoms with Crippen molar-refractivity contribution in [2.45, 2.75) is 45.8 Å². The van der Waals surface area contributed by atoms with Crippen LogP contribution >= 0.6 is 0 Å². The monoisotopic (exact) mass is 465 g/mol. The number of hydrogen-bond donors (Lipinski definition) is 3. The highest BCUT2D eigenvalue weighted by Crippen LogP contribution is 2.25. The number of carbonyl (C=O) groups excluding carboxylic acids is 1. The van der Waals surface area contributed by atoms with Crippen LogP contribution in [0.3, 0.4) is 0 Å². The molecule has 0 fully saturated rings. The summed E-state index contributed by atoms with van der Waals surface area (Å²) < 4.78 is 7.39. The maximum Gasteiger partial charge on any atom is 0.305 e. The molecule has 0 bridgehead atoms. The fraction of sp³-hybridized carbons (Fsp3) is 0.346. The van der Waals surface area contributed by atoms with Gasteiger partial charge in [0, 0.05) is 6.07 Å². The molecule has 0 saturated heterocycles. The number of carbonyl (C=O) groups is 2. The molecule has 8 heteroatoms. The molecule has 3 rings (SSSR count). The summed E-state index contributed by atoms with van der Waals surface area (Å²) in [6.45, 7) is 7.35. The van der Waals surface area contributed by atoms with Crippen LogP contribution in [0.15, 0.2) is 60.7 Å². The van der Waals surface area contributed by atoms with Crippen LogP contribution in [0, 0.1) is 12.8 Å². The van der Waals surface area contributed by atoms with Gasteiger partial charge in [-0.05, 0) is 43.0 Å². The van der Waals surface area contributed by atoms with Crippen LogP contribution in [-0.2, 0) is 4.79 Å². The summed E-state index contributed by atoms with van der Waals surface area (Å²) in [5.74, 6) is -1.30. The number of aromatic nitrogens is 2. The number of nitrogens with zero attached hydrogens (tertiary/aromatic N) is 2. The number of amides is 1. The first-order valence-corrected chi connectivity index (χ1v) is 11.2. The van der Waals surface area contributed by atoms with Gasteiger partial charge in [0.2, 0.25) is 5.88 Å². The molecular weight excluding hydrogens is 434 g/mol. The number of benzene rings is 2. The van der Waals surface area contributed by atoms with Gasteiger partial charge in [0.1, 0.15) is 6.61 Å². The number of hydrogen-bond acceptors (Lipinski definition) is 5. The second kappa shape index (κ2) is 10.5. The summed E-state index contributed by atoms with van der Waals surface area (Å²) in [4.78, 5) is 24.6. The van der Waals surface area contributed by atoms with Crippen molar-refractivity contribution in [2.24, 2.45) is 5.92 Å². The number of carboxylic acid groups (broad SMARTS) is 1. The zero-order valence-corrected chi connectivity index (χ0v) is 19.9. The summed E-state index contributed by atoms with van der Waals surface area (Å²) in [6.07, 6.45) is -0.267. The van der Waals surface area contributed by atoms with E-state index < -0.39 is 23.5 Å². The van der Waals surface area contributed by atoms with Crippen LogP contribution in [0.4, 0.5) is 0 Å². The summed E-state index contributed by atoms with van der Waals surface area (Å²) >= 11 is 0. The van der Waals surface area contributed by atoms with Crippen molar-refractivity contribution >= 4 is 11.9 Å². The Bertz CT molecular complexity index is 1140. The first-order valence-electron chi connectivity index (χ1n) is 11.2. The van der Waals surface area contributed by atoms with Crippen molar-refractivity contribution in [3.8, 4) is 11.6 Å². The van der Waals surface area contributed by atoms with Gasteiger partial charge in [-0.15, -0.1) is 0 Å². The fourth-order valence-corrected chi connectivity index (χ4v) is 3.34. The first kappa shape index (κ1) is 25.0. The van der Waals surface area contributed by atoms with E-state index in [-0.39, 0.29) is 24.6 Å². The standard InChI is InChI=1S/C26H31N3O5/c1-17(2)26(4,33)16-34-23-14-22(28-29(23)19-11-6-5-7-12-19)25(32)27-21(15-24(30)31)20-13-9-8-10-18(20)3/h5-14,17,21,33H,15-16H2,1-4H3,(H,27,32)(H,30,31)/t21-,26+/m0/s1. The molecule has 1 amide bonds. The van der Waals surface area contributed by atoms with Crippen molar-refractivity contribution in [3.05, 3.63) is 77.5 Å². The highest BCUT2D eigenvalue weighted by Gasteiger charge is 2.28. The van der Waals surface area contributed by atoms with Gasteiger partial charge in [-0.3, -0.25) is 9.59 Å². The predicted octanol–water partition coefficient (Wildman–Crippen LogP) is 3.91. The molecule has 0 radical (unpaired) electrons. The quantitative estimate of drug-likeness (QED) is 0.418. The Kier molecular flexibility index (Phi) is 7.73. The molecule has 2 aromatic carbocycles. The third kappa shape index (κ3) is 6.02. The number of aryl methyl sites for hydroxylation is 1. The van der Waals surface area contributed by atoms with E-state index in [4.69, 9.17) is 4.74 Å². The molecule has 0 aliphatic carbocycles. The van der Waals surface area contributed by atoms with Crippen molar-refractivity contribution in [3.63, 3.8) is 0 Å². The second-order valence-electron chi connectivity index (χ2n) is 8.90. The summed E-state index contributed by atoms with van der Waals surface area (Å²) in [5.41, 5.74) is 1.29. The Morgan fingerprint density at radius 2 is 1.76 bits per heavy atom. The Balaban J connectivity index is 1.91. The Morgan fingerprint density at radius 3 is 2.38 bits per heavy atom. The third-order valence-corrected chi connectivity index (χ3v) is 5.91. The Labute approximate surface area is 199 Å². The van der Waals surface area contributed by atoms with Crippen LogP contribution in [0.5, 0.6) is 5.88 Å². The zero-order chi connectivity index (χ0) is 24.9. The molecule has 1 heterocycles. The SMILES string of the molecule is Cc1ccccc1[C@H](CC(=O)O)NC(=O)c1cc(OC[C@@](C)(O)C(C)C)n(-c2ccccc2)n1. The highest BCUT2D eigenvalue weighted by atomic mass is 16.5. The van der Waals surface area contributed by atoms with Crippen LogP contribution < -0.4 is 10.1 Å². The summed E-state index contributed by atoms with van der Waals surface area (Å²) in [5, 5.41) is 27.2. The van der Waals surface area contributed by atoms with Crippen LogP contribution in [0.1, 0.15) is 54.8 Å². The molecule has 3 aromatic rings. The lowest BCUT2D eigenvalue weighted by Crippen LogP contribution is -2.38. The summed E-state index contributed by atoms with van der Waals surface area (Å²) in [6, 6.07) is 17.3.